The molecule has 14 heavy (non-hydrogen) atoms. The van der Waals surface area contributed by atoms with Crippen molar-refractivity contribution in [3.8, 4) is 0 Å². The maximum atomic E-state index is 11.0. The molecule has 0 saturated carbocycles. The van der Waals surface area contributed by atoms with Crippen molar-refractivity contribution in [1.29, 1.82) is 0 Å². The summed E-state index contributed by atoms with van der Waals surface area (Å²) in [6.45, 7) is 4.15. The van der Waals surface area contributed by atoms with E-state index in [0.717, 1.165) is 6.26 Å². The molecule has 3 N–H and O–H groups in total. The van der Waals surface area contributed by atoms with E-state index in [4.69, 9.17) is 0 Å². The van der Waals surface area contributed by atoms with Gasteiger partial charge in [0.2, 0.25) is 10.0 Å². The van der Waals surface area contributed by atoms with Crippen molar-refractivity contribution in [2.45, 2.75) is 19.9 Å². The van der Waals surface area contributed by atoms with Gasteiger partial charge in [0.05, 0.1) is 6.26 Å². The van der Waals surface area contributed by atoms with Crippen LogP contribution in [0.4, 0.5) is 4.79 Å². The lowest BCUT2D eigenvalue weighted by atomic mass is 10.4. The fourth-order valence-corrected chi connectivity index (χ4v) is 1.20. The second-order valence-corrected chi connectivity index (χ2v) is 5.05. The predicted octanol–water partition coefficient (Wildman–Crippen LogP) is -0.757. The number of rotatable bonds is 5. The van der Waals surface area contributed by atoms with Gasteiger partial charge in [0.1, 0.15) is 0 Å². The predicted molar refractivity (Wildman–Crippen MR) is 54.5 cm³/mol. The lowest BCUT2D eigenvalue weighted by Crippen LogP contribution is -2.42. The van der Waals surface area contributed by atoms with Crippen LogP contribution in [0.1, 0.15) is 13.8 Å². The zero-order valence-electron chi connectivity index (χ0n) is 8.62. The Morgan fingerprint density at radius 1 is 1.29 bits per heavy atom. The van der Waals surface area contributed by atoms with Crippen molar-refractivity contribution in [3.05, 3.63) is 0 Å². The number of sulfonamides is 1. The highest BCUT2D eigenvalue weighted by Gasteiger charge is 2.02. The average molecular weight is 223 g/mol. The average Bonchev–Trinajstić information content (AvgIpc) is 1.95. The molecule has 0 aromatic heterocycles. The van der Waals surface area contributed by atoms with E-state index in [9.17, 15) is 13.2 Å². The number of nitrogens with one attached hydrogen (secondary N) is 3. The van der Waals surface area contributed by atoms with Gasteiger partial charge >= 0.3 is 6.03 Å². The zero-order valence-corrected chi connectivity index (χ0v) is 9.44. The molecule has 0 aliphatic carbocycles. The number of carbonyl (C=O) groups excluding carboxylic acids is 1. The molecule has 0 saturated heterocycles. The summed E-state index contributed by atoms with van der Waals surface area (Å²) in [6.07, 6.45) is 1.07. The Kier molecular flexibility index (Phi) is 5.47. The molecule has 0 heterocycles. The third-order valence-electron chi connectivity index (χ3n) is 1.19. The summed E-state index contributed by atoms with van der Waals surface area (Å²) in [5.41, 5.74) is 0. The fourth-order valence-electron chi connectivity index (χ4n) is 0.726. The summed E-state index contributed by atoms with van der Waals surface area (Å²) in [5.74, 6) is 0. The van der Waals surface area contributed by atoms with Crippen LogP contribution in [0.25, 0.3) is 0 Å². The number of carbonyl (C=O) groups is 1. The fraction of sp³-hybridized carbons (Fsp3) is 0.857. The lowest BCUT2D eigenvalue weighted by molar-refractivity contribution is 0.238. The van der Waals surface area contributed by atoms with Gasteiger partial charge in [-0.3, -0.25) is 0 Å². The maximum absolute atomic E-state index is 11.0. The molecule has 6 nitrogen and oxygen atoms in total. The quantitative estimate of drug-likeness (QED) is 0.536. The van der Waals surface area contributed by atoms with Crippen molar-refractivity contribution in [1.82, 2.24) is 15.4 Å². The van der Waals surface area contributed by atoms with Gasteiger partial charge in [-0.2, -0.15) is 0 Å². The molecule has 0 fully saturated rings. The molecule has 0 aliphatic heterocycles. The smallest absolute Gasteiger partial charge is 0.315 e. The number of hydrogen-bond acceptors (Lipinski definition) is 3. The number of hydrogen-bond donors (Lipinski definition) is 3. The molecule has 0 aromatic carbocycles. The second-order valence-electron chi connectivity index (χ2n) is 3.22. The number of amides is 2. The Hall–Kier alpha value is -0.820. The van der Waals surface area contributed by atoms with E-state index in [1.807, 2.05) is 13.8 Å². The Morgan fingerprint density at radius 2 is 1.86 bits per heavy atom. The zero-order chi connectivity index (χ0) is 11.2. The molecule has 0 bridgehead atoms. The molecule has 0 aromatic rings. The van der Waals surface area contributed by atoms with Gasteiger partial charge in [0.15, 0.2) is 0 Å². The van der Waals surface area contributed by atoms with Crippen molar-refractivity contribution in [3.63, 3.8) is 0 Å². The van der Waals surface area contributed by atoms with Crippen LogP contribution < -0.4 is 15.4 Å². The Morgan fingerprint density at radius 3 is 2.29 bits per heavy atom. The number of urea groups is 1. The van der Waals surface area contributed by atoms with Crippen LogP contribution >= 0.6 is 0 Å². The van der Waals surface area contributed by atoms with E-state index in [1.54, 1.807) is 0 Å². The Bertz CT molecular complexity index is 274. The van der Waals surface area contributed by atoms with Gasteiger partial charge in [-0.15, -0.1) is 0 Å². The summed E-state index contributed by atoms with van der Waals surface area (Å²) >= 11 is 0. The molecule has 84 valence electrons. The van der Waals surface area contributed by atoms with E-state index >= 15 is 0 Å². The molecular formula is C7H17N3O3S. The van der Waals surface area contributed by atoms with Crippen LogP contribution in [0.5, 0.6) is 0 Å². The normalized spacial score (nSPS) is 11.4. The second kappa shape index (κ2) is 5.82. The third kappa shape index (κ3) is 9.27. The molecule has 7 heteroatoms. The topological polar surface area (TPSA) is 87.3 Å². The summed E-state index contributed by atoms with van der Waals surface area (Å²) in [7, 11) is -3.17. The van der Waals surface area contributed by atoms with Crippen molar-refractivity contribution in [2.75, 3.05) is 19.3 Å². The van der Waals surface area contributed by atoms with Gasteiger partial charge in [-0.25, -0.2) is 17.9 Å². The van der Waals surface area contributed by atoms with Crippen LogP contribution in [0.2, 0.25) is 0 Å². The van der Waals surface area contributed by atoms with Gasteiger partial charge in [-0.05, 0) is 13.8 Å². The maximum Gasteiger partial charge on any atom is 0.315 e. The minimum atomic E-state index is -3.17. The van der Waals surface area contributed by atoms with Gasteiger partial charge in [-0.1, -0.05) is 0 Å². The van der Waals surface area contributed by atoms with Gasteiger partial charge in [0.25, 0.3) is 0 Å². The van der Waals surface area contributed by atoms with E-state index in [1.165, 1.54) is 0 Å². The third-order valence-corrected chi connectivity index (χ3v) is 1.92. The lowest BCUT2D eigenvalue weighted by Gasteiger charge is -2.09. The first-order chi connectivity index (χ1) is 6.31. The highest BCUT2D eigenvalue weighted by Crippen LogP contribution is 1.76. The first-order valence-corrected chi connectivity index (χ1v) is 6.19. The molecule has 0 rings (SSSR count). The van der Waals surface area contributed by atoms with E-state index < -0.39 is 10.0 Å². The van der Waals surface area contributed by atoms with Gasteiger partial charge < -0.3 is 10.6 Å². The molecule has 2 amide bonds. The summed E-state index contributed by atoms with van der Waals surface area (Å²) in [4.78, 5) is 11.0. The Balaban J connectivity index is 3.51. The van der Waals surface area contributed by atoms with Crippen molar-refractivity contribution >= 4 is 16.1 Å². The molecule has 0 radical (unpaired) electrons. The first-order valence-electron chi connectivity index (χ1n) is 4.30. The monoisotopic (exact) mass is 223 g/mol. The standard InChI is InChI=1S/C7H17N3O3S/c1-6(2)10-7(11)8-4-5-9-14(3,12)13/h6,9H,4-5H2,1-3H3,(H2,8,10,11). The van der Waals surface area contributed by atoms with Gasteiger partial charge in [0, 0.05) is 19.1 Å². The minimum absolute atomic E-state index is 0.0675. The van der Waals surface area contributed by atoms with Crippen molar-refractivity contribution in [2.24, 2.45) is 0 Å². The highest BCUT2D eigenvalue weighted by molar-refractivity contribution is 7.88. The van der Waals surface area contributed by atoms with Crippen LogP contribution in [-0.2, 0) is 10.0 Å². The Labute approximate surface area is 84.5 Å². The van der Waals surface area contributed by atoms with E-state index in [2.05, 4.69) is 15.4 Å². The molecule has 0 aliphatic rings. The SMILES string of the molecule is CC(C)NC(=O)NCCNS(C)(=O)=O. The van der Waals surface area contributed by atoms with E-state index in [-0.39, 0.29) is 25.2 Å². The summed E-state index contributed by atoms with van der Waals surface area (Å²) in [6, 6.07) is -0.229. The first kappa shape index (κ1) is 13.2. The van der Waals surface area contributed by atoms with Crippen LogP contribution in [0.3, 0.4) is 0 Å². The van der Waals surface area contributed by atoms with Crippen LogP contribution in [0.15, 0.2) is 0 Å². The van der Waals surface area contributed by atoms with Crippen molar-refractivity contribution < 1.29 is 13.2 Å². The molecule has 0 atom stereocenters. The highest BCUT2D eigenvalue weighted by atomic mass is 32.2. The summed E-state index contributed by atoms with van der Waals surface area (Å²) in [5, 5.41) is 5.12. The molecule has 0 spiro atoms. The van der Waals surface area contributed by atoms with Crippen LogP contribution in [-0.4, -0.2) is 39.8 Å². The summed E-state index contributed by atoms with van der Waals surface area (Å²) < 4.78 is 23.5. The van der Waals surface area contributed by atoms with Crippen LogP contribution in [0, 0.1) is 0 Å². The molecule has 0 unspecified atom stereocenters. The molecular weight excluding hydrogens is 206 g/mol. The largest absolute Gasteiger partial charge is 0.337 e. The van der Waals surface area contributed by atoms with E-state index in [0.29, 0.717) is 0 Å². The minimum Gasteiger partial charge on any atom is -0.337 e.